The van der Waals surface area contributed by atoms with Crippen molar-refractivity contribution in [1.29, 1.82) is 0 Å². The number of aliphatic imine (C=N–C) groups is 1. The third-order valence-corrected chi connectivity index (χ3v) is 4.51. The molecule has 0 amide bonds. The van der Waals surface area contributed by atoms with Crippen LogP contribution in [0.2, 0.25) is 5.02 Å². The van der Waals surface area contributed by atoms with Crippen LogP contribution in [0.25, 0.3) is 0 Å². The van der Waals surface area contributed by atoms with Gasteiger partial charge in [0.1, 0.15) is 18.0 Å². The van der Waals surface area contributed by atoms with Crippen LogP contribution in [0.5, 0.6) is 17.2 Å². The molecule has 0 atom stereocenters. The molecule has 0 aliphatic carbocycles. The number of nitrogens with zero attached hydrogens (tertiary/aromatic N) is 1. The van der Waals surface area contributed by atoms with E-state index in [1.807, 2.05) is 12.1 Å². The van der Waals surface area contributed by atoms with E-state index in [1.165, 1.54) is 0 Å². The second kappa shape index (κ2) is 9.80. The van der Waals surface area contributed by atoms with E-state index in [0.717, 1.165) is 11.1 Å². The quantitative estimate of drug-likeness (QED) is 0.490. The fourth-order valence-electron chi connectivity index (χ4n) is 2.70. The standard InChI is InChI=1S/C23H20ClNO5/c1-28-20-10-8-18(24)12-19(20)25-13-16-5-9-21(22(11-16)29-2)30-14-15-3-6-17(7-4-15)23(26)27/h3-13H,14H2,1-2H3,(H,26,27). The third kappa shape index (κ3) is 5.30. The van der Waals surface area contributed by atoms with Crippen LogP contribution in [0, 0.1) is 0 Å². The summed E-state index contributed by atoms with van der Waals surface area (Å²) in [6.45, 7) is 0.281. The number of hydrogen-bond donors (Lipinski definition) is 1. The number of carboxylic acid groups (broad SMARTS) is 1. The van der Waals surface area contributed by atoms with Gasteiger partial charge in [-0.2, -0.15) is 0 Å². The molecule has 3 aromatic rings. The van der Waals surface area contributed by atoms with E-state index in [-0.39, 0.29) is 12.2 Å². The Hall–Kier alpha value is -3.51. The summed E-state index contributed by atoms with van der Waals surface area (Å²) in [6, 6.07) is 17.2. The number of halogens is 1. The lowest BCUT2D eigenvalue weighted by molar-refractivity contribution is 0.0697. The molecule has 7 heteroatoms. The first-order valence-electron chi connectivity index (χ1n) is 9.01. The Morgan fingerprint density at radius 1 is 0.967 bits per heavy atom. The maximum Gasteiger partial charge on any atom is 0.335 e. The molecule has 0 saturated heterocycles. The lowest BCUT2D eigenvalue weighted by Gasteiger charge is -2.11. The number of carbonyl (C=O) groups is 1. The van der Waals surface area contributed by atoms with Crippen molar-refractivity contribution < 1.29 is 24.1 Å². The molecule has 0 spiro atoms. The Balaban J connectivity index is 1.73. The molecule has 0 bridgehead atoms. The van der Waals surface area contributed by atoms with Crippen molar-refractivity contribution in [3.05, 3.63) is 82.4 Å². The Morgan fingerprint density at radius 3 is 2.33 bits per heavy atom. The zero-order chi connectivity index (χ0) is 21.5. The summed E-state index contributed by atoms with van der Waals surface area (Å²) in [5.41, 5.74) is 2.51. The first-order valence-corrected chi connectivity index (χ1v) is 9.38. The van der Waals surface area contributed by atoms with Crippen molar-refractivity contribution in [3.8, 4) is 17.2 Å². The predicted octanol–water partition coefficient (Wildman–Crippen LogP) is 5.39. The van der Waals surface area contributed by atoms with Gasteiger partial charge < -0.3 is 19.3 Å². The molecule has 30 heavy (non-hydrogen) atoms. The molecule has 0 aliphatic heterocycles. The number of hydrogen-bond acceptors (Lipinski definition) is 5. The van der Waals surface area contributed by atoms with E-state index in [0.29, 0.717) is 28.0 Å². The summed E-state index contributed by atoms with van der Waals surface area (Å²) in [5.74, 6) is 0.782. The van der Waals surface area contributed by atoms with Gasteiger partial charge in [-0.05, 0) is 59.7 Å². The smallest absolute Gasteiger partial charge is 0.335 e. The van der Waals surface area contributed by atoms with Crippen molar-refractivity contribution in [1.82, 2.24) is 0 Å². The zero-order valence-corrected chi connectivity index (χ0v) is 17.2. The van der Waals surface area contributed by atoms with Crippen LogP contribution < -0.4 is 14.2 Å². The molecule has 0 heterocycles. The molecule has 6 nitrogen and oxygen atoms in total. The van der Waals surface area contributed by atoms with Gasteiger partial charge in [-0.1, -0.05) is 23.7 Å². The van der Waals surface area contributed by atoms with E-state index < -0.39 is 5.97 Å². The number of carboxylic acids is 1. The number of benzene rings is 3. The van der Waals surface area contributed by atoms with E-state index in [9.17, 15) is 4.79 Å². The van der Waals surface area contributed by atoms with Crippen molar-refractivity contribution in [2.45, 2.75) is 6.61 Å². The van der Waals surface area contributed by atoms with Gasteiger partial charge in [-0.25, -0.2) is 4.79 Å². The van der Waals surface area contributed by atoms with Crippen LogP contribution in [0.1, 0.15) is 21.5 Å². The van der Waals surface area contributed by atoms with Crippen molar-refractivity contribution in [3.63, 3.8) is 0 Å². The summed E-state index contributed by atoms with van der Waals surface area (Å²) in [6.07, 6.45) is 1.69. The van der Waals surface area contributed by atoms with Crippen LogP contribution in [0.15, 0.2) is 65.7 Å². The topological polar surface area (TPSA) is 77.4 Å². The molecule has 0 aliphatic rings. The number of aromatic carboxylic acids is 1. The molecule has 0 unspecified atom stereocenters. The molecule has 0 aromatic heterocycles. The summed E-state index contributed by atoms with van der Waals surface area (Å²) in [4.78, 5) is 15.4. The van der Waals surface area contributed by atoms with Gasteiger partial charge in [0, 0.05) is 11.2 Å². The molecule has 154 valence electrons. The minimum Gasteiger partial charge on any atom is -0.494 e. The Bertz CT molecular complexity index is 1060. The molecular weight excluding hydrogens is 406 g/mol. The van der Waals surface area contributed by atoms with E-state index in [1.54, 1.807) is 69.0 Å². The average Bonchev–Trinajstić information content (AvgIpc) is 2.76. The lowest BCUT2D eigenvalue weighted by atomic mass is 10.1. The second-order valence-corrected chi connectivity index (χ2v) is 6.71. The largest absolute Gasteiger partial charge is 0.494 e. The van der Waals surface area contributed by atoms with Gasteiger partial charge in [-0.15, -0.1) is 0 Å². The Kier molecular flexibility index (Phi) is 6.93. The summed E-state index contributed by atoms with van der Waals surface area (Å²) < 4.78 is 16.6. The highest BCUT2D eigenvalue weighted by molar-refractivity contribution is 6.30. The lowest BCUT2D eigenvalue weighted by Crippen LogP contribution is -2.00. The van der Waals surface area contributed by atoms with Crippen molar-refractivity contribution >= 4 is 29.5 Å². The average molecular weight is 426 g/mol. The fraction of sp³-hybridized carbons (Fsp3) is 0.130. The van der Waals surface area contributed by atoms with E-state index in [4.69, 9.17) is 30.9 Å². The van der Waals surface area contributed by atoms with Crippen LogP contribution >= 0.6 is 11.6 Å². The van der Waals surface area contributed by atoms with Crippen LogP contribution in [-0.4, -0.2) is 31.5 Å². The minimum absolute atomic E-state index is 0.233. The van der Waals surface area contributed by atoms with Gasteiger partial charge >= 0.3 is 5.97 Å². The Morgan fingerprint density at radius 2 is 1.67 bits per heavy atom. The van der Waals surface area contributed by atoms with Crippen LogP contribution in [0.4, 0.5) is 5.69 Å². The van der Waals surface area contributed by atoms with Crippen molar-refractivity contribution in [2.75, 3.05) is 14.2 Å². The highest BCUT2D eigenvalue weighted by atomic mass is 35.5. The highest BCUT2D eigenvalue weighted by Gasteiger charge is 2.08. The minimum atomic E-state index is -0.961. The summed E-state index contributed by atoms with van der Waals surface area (Å²) >= 11 is 6.04. The number of rotatable bonds is 8. The maximum absolute atomic E-state index is 10.9. The molecule has 0 saturated carbocycles. The van der Waals surface area contributed by atoms with Crippen LogP contribution in [0.3, 0.4) is 0 Å². The second-order valence-electron chi connectivity index (χ2n) is 6.28. The maximum atomic E-state index is 10.9. The van der Waals surface area contributed by atoms with Gasteiger partial charge in [0.25, 0.3) is 0 Å². The zero-order valence-electron chi connectivity index (χ0n) is 16.5. The molecule has 0 radical (unpaired) electrons. The molecule has 0 fully saturated rings. The molecular formula is C23H20ClNO5. The molecule has 3 rings (SSSR count). The van der Waals surface area contributed by atoms with E-state index in [2.05, 4.69) is 4.99 Å². The van der Waals surface area contributed by atoms with Crippen LogP contribution in [-0.2, 0) is 6.61 Å². The number of methoxy groups -OCH3 is 2. The SMILES string of the molecule is COc1ccc(Cl)cc1N=Cc1ccc(OCc2ccc(C(=O)O)cc2)c(OC)c1. The molecule has 3 aromatic carbocycles. The Labute approximate surface area is 179 Å². The van der Waals surface area contributed by atoms with Crippen molar-refractivity contribution in [2.24, 2.45) is 4.99 Å². The predicted molar refractivity (Wildman–Crippen MR) is 116 cm³/mol. The van der Waals surface area contributed by atoms with Gasteiger partial charge in [0.2, 0.25) is 0 Å². The summed E-state index contributed by atoms with van der Waals surface area (Å²) in [7, 11) is 3.14. The highest BCUT2D eigenvalue weighted by Crippen LogP contribution is 2.31. The monoisotopic (exact) mass is 425 g/mol. The first-order chi connectivity index (χ1) is 14.5. The van der Waals surface area contributed by atoms with Gasteiger partial charge in [-0.3, -0.25) is 4.99 Å². The van der Waals surface area contributed by atoms with E-state index >= 15 is 0 Å². The van der Waals surface area contributed by atoms with Gasteiger partial charge in [0.05, 0.1) is 19.8 Å². The normalized spacial score (nSPS) is 10.8. The first kappa shape index (κ1) is 21.2. The fourth-order valence-corrected chi connectivity index (χ4v) is 2.86. The summed E-state index contributed by atoms with van der Waals surface area (Å²) in [5, 5.41) is 9.54. The molecule has 1 N–H and O–H groups in total. The van der Waals surface area contributed by atoms with Gasteiger partial charge in [0.15, 0.2) is 11.5 Å². The number of ether oxygens (including phenoxy) is 3. The third-order valence-electron chi connectivity index (χ3n) is 4.28.